The molecule has 2 N–H and O–H groups in total. The van der Waals surface area contributed by atoms with E-state index >= 15 is 0 Å². The van der Waals surface area contributed by atoms with Crippen LogP contribution in [0, 0.1) is 20.2 Å². The first kappa shape index (κ1) is 51.3. The maximum absolute atomic E-state index is 11.9. The van der Waals surface area contributed by atoms with E-state index in [1.54, 1.807) is 0 Å². The molecular weight excluding hydrogens is 978 g/mol. The smallest absolute Gasteiger partial charge is 0.744 e. The summed E-state index contributed by atoms with van der Waals surface area (Å²) in [7, 11) is -7.45. The van der Waals surface area contributed by atoms with Crippen molar-refractivity contribution in [3.05, 3.63) is 93.0 Å². The van der Waals surface area contributed by atoms with Crippen LogP contribution in [0.1, 0.15) is 26.7 Å². The number of Topliss-reactive ketones (excluding diaryl/α,β-unsaturated/α-hetero) is 2. The Balaban J connectivity index is 0.000000413. The number of nitrogens with zero attached hydrogens (tertiary/aromatic N) is 6. The zero-order chi connectivity index (χ0) is 44.9. The van der Waals surface area contributed by atoms with Crippen molar-refractivity contribution in [3.8, 4) is 11.5 Å². The molecule has 0 aromatic heterocycles. The van der Waals surface area contributed by atoms with E-state index in [0.29, 0.717) is 11.5 Å². The second kappa shape index (κ2) is 22.7. The van der Waals surface area contributed by atoms with E-state index < -0.39 is 63.1 Å². The van der Waals surface area contributed by atoms with Crippen molar-refractivity contribution in [1.29, 1.82) is 0 Å². The molecule has 4 aromatic carbocycles. The molecule has 0 heterocycles. The van der Waals surface area contributed by atoms with Crippen LogP contribution in [-0.2, 0) is 39.4 Å². The predicted octanol–water partition coefficient (Wildman–Crippen LogP) is 5.30. The molecule has 0 aliphatic rings. The Labute approximate surface area is 385 Å². The SMILES string of the molecule is COc1ccc(N=Nc2ccc([N+](=O)[O-])c(S(=O)(=O)[O-])c2)c(NC(=O)CC(C)=O)c1.COc1ccc(N=Nc2ccc([N+](=O)[O-])c(S(=O)(=O)[O-])c2)c(NC(=O)CC(C)=O)c1.[Ba+2]. The summed E-state index contributed by atoms with van der Waals surface area (Å²) in [4.78, 5) is 63.7. The monoisotopic (exact) mass is 1010 g/mol. The van der Waals surface area contributed by atoms with Gasteiger partial charge in [0.15, 0.2) is 0 Å². The zero-order valence-corrected chi connectivity index (χ0v) is 38.2. The van der Waals surface area contributed by atoms with Gasteiger partial charge < -0.3 is 29.2 Å². The van der Waals surface area contributed by atoms with Crippen LogP contribution >= 0.6 is 0 Å². The molecule has 0 bridgehead atoms. The number of nitrogens with one attached hydrogen (secondary N) is 2. The molecule has 4 aromatic rings. The van der Waals surface area contributed by atoms with Crippen LogP contribution in [0.2, 0.25) is 0 Å². The first-order chi connectivity index (χ1) is 28.0. The van der Waals surface area contributed by atoms with Crippen LogP contribution in [0.3, 0.4) is 0 Å². The molecule has 0 atom stereocenters. The van der Waals surface area contributed by atoms with E-state index in [-0.39, 0.29) is 107 Å². The second-order valence-electron chi connectivity index (χ2n) is 11.7. The molecular formula is C34H30BaN8O16S2. The number of nitro groups is 2. The normalized spacial score (nSPS) is 11.1. The Morgan fingerprint density at radius 1 is 0.590 bits per heavy atom. The van der Waals surface area contributed by atoms with Crippen molar-refractivity contribution in [1.82, 2.24) is 0 Å². The Hall–Kier alpha value is -5.85. The van der Waals surface area contributed by atoms with Crippen molar-refractivity contribution in [2.75, 3.05) is 24.9 Å². The van der Waals surface area contributed by atoms with Crippen molar-refractivity contribution >= 4 is 138 Å². The van der Waals surface area contributed by atoms with Gasteiger partial charge in [0.1, 0.15) is 64.5 Å². The first-order valence-electron chi connectivity index (χ1n) is 16.3. The predicted molar refractivity (Wildman–Crippen MR) is 210 cm³/mol. The number of hydrogen-bond acceptors (Lipinski definition) is 20. The molecule has 0 radical (unpaired) electrons. The molecule has 24 nitrogen and oxygen atoms in total. The van der Waals surface area contributed by atoms with Crippen molar-refractivity contribution in [2.24, 2.45) is 20.5 Å². The Morgan fingerprint density at radius 3 is 1.21 bits per heavy atom. The summed E-state index contributed by atoms with van der Waals surface area (Å²) in [6.45, 7) is 2.50. The number of rotatable bonds is 16. The van der Waals surface area contributed by atoms with Gasteiger partial charge in [0.25, 0.3) is 11.4 Å². The summed E-state index contributed by atoms with van der Waals surface area (Å²) in [6.07, 6.45) is -0.721. The number of ketones is 2. The molecule has 0 aliphatic carbocycles. The minimum atomic E-state index is -5.13. The summed E-state index contributed by atoms with van der Waals surface area (Å²) in [5.74, 6) is -1.14. The maximum atomic E-state index is 11.9. The fourth-order valence-corrected chi connectivity index (χ4v) is 5.88. The average molecular weight is 1010 g/mol. The minimum Gasteiger partial charge on any atom is -0.744 e. The Bertz CT molecular complexity index is 2480. The zero-order valence-electron chi connectivity index (χ0n) is 32.1. The van der Waals surface area contributed by atoms with Crippen LogP contribution in [0.5, 0.6) is 11.5 Å². The van der Waals surface area contributed by atoms with E-state index in [1.807, 2.05) is 0 Å². The van der Waals surface area contributed by atoms with Gasteiger partial charge in [0.2, 0.25) is 11.8 Å². The van der Waals surface area contributed by atoms with Crippen LogP contribution in [0.4, 0.5) is 45.5 Å². The van der Waals surface area contributed by atoms with Crippen LogP contribution in [0.15, 0.2) is 103 Å². The third kappa shape index (κ3) is 15.9. The summed E-state index contributed by atoms with van der Waals surface area (Å²) >= 11 is 0. The van der Waals surface area contributed by atoms with E-state index in [0.717, 1.165) is 36.4 Å². The number of methoxy groups -OCH3 is 2. The molecule has 2 amide bonds. The largest absolute Gasteiger partial charge is 2.00 e. The van der Waals surface area contributed by atoms with Gasteiger partial charge in [0.05, 0.1) is 59.7 Å². The van der Waals surface area contributed by atoms with Crippen LogP contribution in [-0.4, -0.2) is 122 Å². The van der Waals surface area contributed by atoms with Crippen LogP contribution in [0.25, 0.3) is 0 Å². The molecule has 0 saturated heterocycles. The molecule has 0 fully saturated rings. The number of azo groups is 2. The fraction of sp³-hybridized carbons (Fsp3) is 0.176. The summed E-state index contributed by atoms with van der Waals surface area (Å²) in [5, 5.41) is 42.1. The van der Waals surface area contributed by atoms with Crippen molar-refractivity contribution < 1.29 is 64.4 Å². The van der Waals surface area contributed by atoms with Gasteiger partial charge in [-0.1, -0.05) is 0 Å². The minimum absolute atomic E-state index is 0. The Kier molecular flexibility index (Phi) is 19.1. The Morgan fingerprint density at radius 2 is 0.934 bits per heavy atom. The molecule has 4 rings (SSSR count). The molecule has 0 saturated carbocycles. The van der Waals surface area contributed by atoms with Crippen LogP contribution < -0.4 is 20.1 Å². The van der Waals surface area contributed by atoms with E-state index in [9.17, 15) is 65.3 Å². The first-order valence-corrected chi connectivity index (χ1v) is 19.1. The van der Waals surface area contributed by atoms with E-state index in [2.05, 4.69) is 31.1 Å². The number of anilines is 2. The maximum Gasteiger partial charge on any atom is 2.00 e. The second-order valence-corrected chi connectivity index (χ2v) is 14.4. The number of ether oxygens (including phenoxy) is 2. The van der Waals surface area contributed by atoms with Gasteiger partial charge in [-0.2, -0.15) is 10.2 Å². The molecule has 0 spiro atoms. The number of benzene rings is 4. The van der Waals surface area contributed by atoms with Gasteiger partial charge in [-0.15, -0.1) is 10.2 Å². The molecule has 316 valence electrons. The van der Waals surface area contributed by atoms with E-state index in [1.165, 1.54) is 64.5 Å². The summed E-state index contributed by atoms with van der Waals surface area (Å²) < 4.78 is 77.9. The number of carbonyl (C=O) groups excluding carboxylic acids is 4. The topological polar surface area (TPSA) is 361 Å². The van der Waals surface area contributed by atoms with Crippen molar-refractivity contribution in [3.63, 3.8) is 0 Å². The number of hydrogen-bond donors (Lipinski definition) is 2. The van der Waals surface area contributed by atoms with Gasteiger partial charge in [-0.05, 0) is 62.4 Å². The third-order valence-corrected chi connectivity index (χ3v) is 8.87. The molecule has 61 heavy (non-hydrogen) atoms. The van der Waals surface area contributed by atoms with Gasteiger partial charge in [0, 0.05) is 24.3 Å². The third-order valence-electron chi connectivity index (χ3n) is 7.14. The fourth-order valence-electron chi connectivity index (χ4n) is 4.56. The molecule has 0 unspecified atom stereocenters. The van der Waals surface area contributed by atoms with Gasteiger partial charge in [-0.3, -0.25) is 39.4 Å². The summed E-state index contributed by atoms with van der Waals surface area (Å²) in [5.41, 5.74) is -1.50. The average Bonchev–Trinajstić information content (AvgIpc) is 3.15. The number of nitro benzene ring substituents is 2. The van der Waals surface area contributed by atoms with Crippen molar-refractivity contribution in [2.45, 2.75) is 36.5 Å². The molecule has 0 aliphatic heterocycles. The quantitative estimate of drug-likeness (QED) is 0.0359. The van der Waals surface area contributed by atoms with Gasteiger partial charge >= 0.3 is 48.9 Å². The number of amides is 2. The van der Waals surface area contributed by atoms with E-state index in [4.69, 9.17) is 9.47 Å². The number of carbonyl (C=O) groups is 4. The summed E-state index contributed by atoms with van der Waals surface area (Å²) in [6, 6.07) is 14.0. The standard InChI is InChI=1S/2C17H16N4O8S.Ba/c2*1-10(22)7-17(23)18-14-9-12(29-2)4-5-13(14)20-19-11-3-6-15(21(24)25)16(8-11)30(26,27)28;/h2*3-6,8-9H,7H2,1-2H3,(H,18,23)(H,26,27,28);/q;;+2/p-2. The molecule has 27 heteroatoms. The van der Waals surface area contributed by atoms with Gasteiger partial charge in [-0.25, -0.2) is 16.8 Å².